The van der Waals surface area contributed by atoms with Crippen molar-refractivity contribution in [1.82, 2.24) is 0 Å². The van der Waals surface area contributed by atoms with E-state index in [1.165, 1.54) is 6.07 Å². The molecule has 2 aromatic carbocycles. The van der Waals surface area contributed by atoms with Crippen molar-refractivity contribution in [3.05, 3.63) is 62.3 Å². The van der Waals surface area contributed by atoms with Gasteiger partial charge >= 0.3 is 0 Å². The van der Waals surface area contributed by atoms with Gasteiger partial charge in [-0.05, 0) is 57.9 Å². The average molecular weight is 349 g/mol. The van der Waals surface area contributed by atoms with Gasteiger partial charge in [-0.25, -0.2) is 4.39 Å². The predicted molar refractivity (Wildman–Crippen MR) is 77.9 cm³/mol. The number of hydrogen-bond donors (Lipinski definition) is 1. The lowest BCUT2D eigenvalue weighted by Crippen LogP contribution is -1.99. The van der Waals surface area contributed by atoms with E-state index in [0.29, 0.717) is 21.1 Å². The van der Waals surface area contributed by atoms with Crippen molar-refractivity contribution >= 4 is 44.8 Å². The second-order valence-corrected chi connectivity index (χ2v) is 5.49. The zero-order chi connectivity index (χ0) is 13.1. The molecule has 0 radical (unpaired) electrons. The van der Waals surface area contributed by atoms with Crippen molar-refractivity contribution in [2.75, 3.05) is 5.32 Å². The number of rotatable bonds is 3. The molecule has 0 bridgehead atoms. The maximum Gasteiger partial charge on any atom is 0.137 e. The van der Waals surface area contributed by atoms with Crippen LogP contribution in [0.4, 0.5) is 10.1 Å². The standard InChI is InChI=1S/C13H9BrCl2FN/c14-12-6-11(1-2-13(12)17)18-7-8-3-9(15)5-10(16)4-8/h1-6,18H,7H2. The summed E-state index contributed by atoms with van der Waals surface area (Å²) in [5, 5.41) is 4.36. The van der Waals surface area contributed by atoms with E-state index in [-0.39, 0.29) is 5.82 Å². The summed E-state index contributed by atoms with van der Waals surface area (Å²) in [6, 6.07) is 10.1. The molecule has 0 aliphatic heterocycles. The molecule has 0 spiro atoms. The smallest absolute Gasteiger partial charge is 0.137 e. The highest BCUT2D eigenvalue weighted by Gasteiger charge is 2.01. The van der Waals surface area contributed by atoms with Crippen molar-refractivity contribution in [2.24, 2.45) is 0 Å². The van der Waals surface area contributed by atoms with Gasteiger partial charge in [0.2, 0.25) is 0 Å². The minimum Gasteiger partial charge on any atom is -0.381 e. The molecule has 94 valence electrons. The van der Waals surface area contributed by atoms with E-state index in [1.54, 1.807) is 18.2 Å². The van der Waals surface area contributed by atoms with Gasteiger partial charge in [0.05, 0.1) is 4.47 Å². The van der Waals surface area contributed by atoms with Gasteiger partial charge in [0.1, 0.15) is 5.82 Å². The zero-order valence-electron chi connectivity index (χ0n) is 9.18. The van der Waals surface area contributed by atoms with Crippen molar-refractivity contribution in [3.63, 3.8) is 0 Å². The van der Waals surface area contributed by atoms with Crippen LogP contribution >= 0.6 is 39.1 Å². The predicted octanol–water partition coefficient (Wildman–Crippen LogP) is 5.51. The minimum atomic E-state index is -0.286. The average Bonchev–Trinajstić information content (AvgIpc) is 2.29. The molecule has 0 unspecified atom stereocenters. The topological polar surface area (TPSA) is 12.0 Å². The van der Waals surface area contributed by atoms with E-state index in [4.69, 9.17) is 23.2 Å². The second-order valence-electron chi connectivity index (χ2n) is 3.76. The van der Waals surface area contributed by atoms with E-state index in [1.807, 2.05) is 12.1 Å². The Morgan fingerprint density at radius 1 is 1.06 bits per heavy atom. The Balaban J connectivity index is 2.08. The highest BCUT2D eigenvalue weighted by Crippen LogP contribution is 2.22. The highest BCUT2D eigenvalue weighted by molar-refractivity contribution is 9.10. The Kier molecular flexibility index (Phi) is 4.49. The van der Waals surface area contributed by atoms with E-state index in [9.17, 15) is 4.39 Å². The molecule has 1 N–H and O–H groups in total. The van der Waals surface area contributed by atoms with Gasteiger partial charge in [-0.3, -0.25) is 0 Å². The molecule has 0 atom stereocenters. The largest absolute Gasteiger partial charge is 0.381 e. The molecule has 1 nitrogen and oxygen atoms in total. The Morgan fingerprint density at radius 2 is 1.72 bits per heavy atom. The van der Waals surface area contributed by atoms with Crippen LogP contribution in [0.25, 0.3) is 0 Å². The fourth-order valence-electron chi connectivity index (χ4n) is 1.52. The summed E-state index contributed by atoms with van der Waals surface area (Å²) in [5.41, 5.74) is 1.78. The van der Waals surface area contributed by atoms with Gasteiger partial charge in [-0.2, -0.15) is 0 Å². The van der Waals surface area contributed by atoms with Crippen molar-refractivity contribution in [1.29, 1.82) is 0 Å². The van der Waals surface area contributed by atoms with Gasteiger partial charge in [-0.15, -0.1) is 0 Å². The lowest BCUT2D eigenvalue weighted by atomic mass is 10.2. The number of nitrogens with one attached hydrogen (secondary N) is 1. The molecule has 2 rings (SSSR count). The first-order valence-electron chi connectivity index (χ1n) is 5.18. The van der Waals surface area contributed by atoms with Crippen LogP contribution in [0.2, 0.25) is 10.0 Å². The molecule has 5 heteroatoms. The first kappa shape index (κ1) is 13.7. The Morgan fingerprint density at radius 3 is 2.33 bits per heavy atom. The van der Waals surface area contributed by atoms with Crippen LogP contribution in [0.5, 0.6) is 0 Å². The number of benzene rings is 2. The monoisotopic (exact) mass is 347 g/mol. The van der Waals surface area contributed by atoms with E-state index in [0.717, 1.165) is 11.3 Å². The van der Waals surface area contributed by atoms with Crippen LogP contribution in [0, 0.1) is 5.82 Å². The third-order valence-electron chi connectivity index (χ3n) is 2.34. The number of hydrogen-bond acceptors (Lipinski definition) is 1. The third-order valence-corrected chi connectivity index (χ3v) is 3.38. The molecule has 0 fully saturated rings. The summed E-state index contributed by atoms with van der Waals surface area (Å²) >= 11 is 15.0. The Hall–Kier alpha value is -0.770. The normalized spacial score (nSPS) is 10.4. The quantitative estimate of drug-likeness (QED) is 0.771. The highest BCUT2D eigenvalue weighted by atomic mass is 79.9. The molecule has 0 aliphatic rings. The van der Waals surface area contributed by atoms with Crippen LogP contribution in [-0.2, 0) is 6.54 Å². The molecule has 0 saturated carbocycles. The maximum absolute atomic E-state index is 13.1. The molecule has 2 aromatic rings. The fraction of sp³-hybridized carbons (Fsp3) is 0.0769. The molecule has 18 heavy (non-hydrogen) atoms. The molecule has 0 amide bonds. The summed E-state index contributed by atoms with van der Waals surface area (Å²) in [5.74, 6) is -0.286. The molecule has 0 aliphatic carbocycles. The van der Waals surface area contributed by atoms with Crippen molar-refractivity contribution in [2.45, 2.75) is 6.54 Å². The van der Waals surface area contributed by atoms with E-state index in [2.05, 4.69) is 21.2 Å². The molecule has 0 heterocycles. The van der Waals surface area contributed by atoms with Gasteiger partial charge in [0.15, 0.2) is 0 Å². The first-order chi connectivity index (χ1) is 8.54. The van der Waals surface area contributed by atoms with Gasteiger partial charge in [0, 0.05) is 22.3 Å². The summed E-state index contributed by atoms with van der Waals surface area (Å²) in [6.45, 7) is 0.568. The zero-order valence-corrected chi connectivity index (χ0v) is 12.3. The number of anilines is 1. The summed E-state index contributed by atoms with van der Waals surface area (Å²) in [4.78, 5) is 0. The van der Waals surface area contributed by atoms with Gasteiger partial charge in [0.25, 0.3) is 0 Å². The van der Waals surface area contributed by atoms with E-state index >= 15 is 0 Å². The van der Waals surface area contributed by atoms with Gasteiger partial charge in [-0.1, -0.05) is 23.2 Å². The fourth-order valence-corrected chi connectivity index (χ4v) is 2.47. The Labute approximate surface area is 123 Å². The van der Waals surface area contributed by atoms with Crippen molar-refractivity contribution in [3.8, 4) is 0 Å². The molecule has 0 aromatic heterocycles. The van der Waals surface area contributed by atoms with Gasteiger partial charge < -0.3 is 5.32 Å². The van der Waals surface area contributed by atoms with Crippen molar-refractivity contribution < 1.29 is 4.39 Å². The summed E-state index contributed by atoms with van der Waals surface area (Å²) in [7, 11) is 0. The number of halogens is 4. The summed E-state index contributed by atoms with van der Waals surface area (Å²) in [6.07, 6.45) is 0. The lowest BCUT2D eigenvalue weighted by molar-refractivity contribution is 0.621. The molecular weight excluding hydrogens is 340 g/mol. The maximum atomic E-state index is 13.1. The molecule has 0 saturated heterocycles. The summed E-state index contributed by atoms with van der Waals surface area (Å²) < 4.78 is 13.5. The van der Waals surface area contributed by atoms with Crippen LogP contribution in [0.1, 0.15) is 5.56 Å². The Bertz CT molecular complexity index is 555. The van der Waals surface area contributed by atoms with Crippen LogP contribution in [0.15, 0.2) is 40.9 Å². The molecular formula is C13H9BrCl2FN. The SMILES string of the molecule is Fc1ccc(NCc2cc(Cl)cc(Cl)c2)cc1Br. The third kappa shape index (κ3) is 3.61. The van der Waals surface area contributed by atoms with E-state index < -0.39 is 0 Å². The minimum absolute atomic E-state index is 0.286. The van der Waals surface area contributed by atoms with Crippen LogP contribution in [0.3, 0.4) is 0 Å². The van der Waals surface area contributed by atoms with Crippen LogP contribution < -0.4 is 5.32 Å². The second kappa shape index (κ2) is 5.91. The first-order valence-corrected chi connectivity index (χ1v) is 6.73. The lowest BCUT2D eigenvalue weighted by Gasteiger charge is -2.08. The van der Waals surface area contributed by atoms with Crippen LogP contribution in [-0.4, -0.2) is 0 Å².